The number of rotatable bonds is 0. The van der Waals surface area contributed by atoms with E-state index in [1.807, 2.05) is 0 Å². The molecule has 0 radical (unpaired) electrons. The van der Waals surface area contributed by atoms with Gasteiger partial charge in [0.15, 0.2) is 0 Å². The summed E-state index contributed by atoms with van der Waals surface area (Å²) in [5.74, 6) is 0. The van der Waals surface area contributed by atoms with Gasteiger partial charge >= 0.3 is 0 Å². The van der Waals surface area contributed by atoms with Gasteiger partial charge in [-0.3, -0.25) is 4.79 Å². The van der Waals surface area contributed by atoms with Gasteiger partial charge in [-0.1, -0.05) is 20.8 Å². The lowest BCUT2D eigenvalue weighted by atomic mass is 9.86. The number of carbonyl (C=O) groups excluding carboxylic acids is 1. The average molecular weight is 187 g/mol. The Labute approximate surface area is 80.3 Å². The molecule has 1 rings (SSSR count). The SMILES string of the molecule is CC(C)(C)C1CNCCN1.NC=O. The van der Waals surface area contributed by atoms with Crippen molar-refractivity contribution in [3.8, 4) is 0 Å². The first-order valence-corrected chi connectivity index (χ1v) is 4.62. The summed E-state index contributed by atoms with van der Waals surface area (Å²) in [6.07, 6.45) is 0.250. The highest BCUT2D eigenvalue weighted by Crippen LogP contribution is 2.19. The second-order valence-electron chi connectivity index (χ2n) is 4.21. The summed E-state index contributed by atoms with van der Waals surface area (Å²) in [6, 6.07) is 0.640. The Bertz CT molecular complexity index is 136. The van der Waals surface area contributed by atoms with Crippen molar-refractivity contribution in [2.45, 2.75) is 26.8 Å². The fourth-order valence-electron chi connectivity index (χ4n) is 1.27. The highest BCUT2D eigenvalue weighted by atomic mass is 16.1. The predicted octanol–water partition coefficient (Wildman–Crippen LogP) is -0.305. The molecule has 1 aliphatic rings. The van der Waals surface area contributed by atoms with Crippen LogP contribution in [0.2, 0.25) is 0 Å². The number of hydrogen-bond donors (Lipinski definition) is 3. The minimum atomic E-state index is 0.250. The molecule has 1 aliphatic heterocycles. The van der Waals surface area contributed by atoms with E-state index in [9.17, 15) is 0 Å². The number of nitrogens with two attached hydrogens (primary N) is 1. The maximum absolute atomic E-state index is 8.58. The van der Waals surface area contributed by atoms with Crippen molar-refractivity contribution in [3.05, 3.63) is 0 Å². The summed E-state index contributed by atoms with van der Waals surface area (Å²) in [5, 5.41) is 6.88. The van der Waals surface area contributed by atoms with Crippen LogP contribution in [0.25, 0.3) is 0 Å². The minimum absolute atomic E-state index is 0.250. The van der Waals surface area contributed by atoms with Crippen molar-refractivity contribution >= 4 is 6.41 Å². The van der Waals surface area contributed by atoms with Crippen molar-refractivity contribution < 1.29 is 4.79 Å². The molecule has 1 fully saturated rings. The van der Waals surface area contributed by atoms with Gasteiger partial charge < -0.3 is 16.4 Å². The van der Waals surface area contributed by atoms with E-state index in [2.05, 4.69) is 37.1 Å². The van der Waals surface area contributed by atoms with Crippen LogP contribution in [0.4, 0.5) is 0 Å². The van der Waals surface area contributed by atoms with E-state index in [4.69, 9.17) is 4.79 Å². The van der Waals surface area contributed by atoms with Gasteiger partial charge in [0.05, 0.1) is 0 Å². The maximum Gasteiger partial charge on any atom is 0.204 e. The molecule has 13 heavy (non-hydrogen) atoms. The van der Waals surface area contributed by atoms with E-state index in [-0.39, 0.29) is 6.41 Å². The summed E-state index contributed by atoms with van der Waals surface area (Å²) < 4.78 is 0. The second kappa shape index (κ2) is 5.94. The molecule has 1 heterocycles. The van der Waals surface area contributed by atoms with Crippen molar-refractivity contribution in [3.63, 3.8) is 0 Å². The van der Waals surface area contributed by atoms with Crippen molar-refractivity contribution in [2.75, 3.05) is 19.6 Å². The third-order valence-corrected chi connectivity index (χ3v) is 2.09. The third-order valence-electron chi connectivity index (χ3n) is 2.09. The molecule has 0 aromatic carbocycles. The van der Waals surface area contributed by atoms with Crippen molar-refractivity contribution in [1.29, 1.82) is 0 Å². The van der Waals surface area contributed by atoms with Crippen LogP contribution in [0.5, 0.6) is 0 Å². The fourth-order valence-corrected chi connectivity index (χ4v) is 1.27. The smallest absolute Gasteiger partial charge is 0.204 e. The number of carbonyl (C=O) groups is 1. The van der Waals surface area contributed by atoms with Gasteiger partial charge in [0.2, 0.25) is 6.41 Å². The molecule has 1 atom stereocenters. The number of nitrogens with one attached hydrogen (secondary N) is 2. The van der Waals surface area contributed by atoms with Crippen LogP contribution in [-0.2, 0) is 4.79 Å². The van der Waals surface area contributed by atoms with Crippen molar-refractivity contribution in [2.24, 2.45) is 11.1 Å². The molecule has 4 heteroatoms. The molecule has 78 valence electrons. The molecule has 4 N–H and O–H groups in total. The largest absolute Gasteiger partial charge is 0.372 e. The third kappa shape index (κ3) is 5.60. The van der Waals surface area contributed by atoms with Crippen LogP contribution in [0.1, 0.15) is 20.8 Å². The molecule has 0 aliphatic carbocycles. The summed E-state index contributed by atoms with van der Waals surface area (Å²) in [6.45, 7) is 10.2. The number of piperazine rings is 1. The Morgan fingerprint density at radius 2 is 1.92 bits per heavy atom. The van der Waals surface area contributed by atoms with Gasteiger partial charge in [-0.15, -0.1) is 0 Å². The van der Waals surface area contributed by atoms with Crippen LogP contribution in [-0.4, -0.2) is 32.1 Å². The first kappa shape index (κ1) is 12.4. The zero-order valence-electron chi connectivity index (χ0n) is 8.76. The molecule has 1 unspecified atom stereocenters. The van der Waals surface area contributed by atoms with Gasteiger partial charge in [0.1, 0.15) is 0 Å². The number of hydrogen-bond acceptors (Lipinski definition) is 3. The first-order valence-electron chi connectivity index (χ1n) is 4.62. The summed E-state index contributed by atoms with van der Waals surface area (Å²) in [5.41, 5.74) is 4.56. The van der Waals surface area contributed by atoms with Gasteiger partial charge in [-0.25, -0.2) is 0 Å². The van der Waals surface area contributed by atoms with Crippen LogP contribution >= 0.6 is 0 Å². The lowest BCUT2D eigenvalue weighted by Gasteiger charge is -2.35. The van der Waals surface area contributed by atoms with Crippen LogP contribution in [0.3, 0.4) is 0 Å². The van der Waals surface area contributed by atoms with E-state index in [0.29, 0.717) is 11.5 Å². The summed E-state index contributed by atoms with van der Waals surface area (Å²) in [4.78, 5) is 8.58. The normalized spacial score (nSPS) is 22.8. The molecular formula is C9H21N3O. The molecule has 0 aromatic heterocycles. The second-order valence-corrected chi connectivity index (χ2v) is 4.21. The predicted molar refractivity (Wildman–Crippen MR) is 54.4 cm³/mol. The Morgan fingerprint density at radius 1 is 1.38 bits per heavy atom. The quantitative estimate of drug-likeness (QED) is 0.456. The lowest BCUT2D eigenvalue weighted by Crippen LogP contribution is -2.54. The number of amides is 1. The molecule has 1 amide bonds. The lowest BCUT2D eigenvalue weighted by molar-refractivity contribution is -0.106. The van der Waals surface area contributed by atoms with Gasteiger partial charge in [0, 0.05) is 25.7 Å². The fraction of sp³-hybridized carbons (Fsp3) is 0.889. The van der Waals surface area contributed by atoms with E-state index >= 15 is 0 Å². The molecule has 0 saturated carbocycles. The topological polar surface area (TPSA) is 67.2 Å². The molecule has 1 saturated heterocycles. The standard InChI is InChI=1S/C8H18N2.CH3NO/c1-8(2,3)7-6-9-4-5-10-7;2-1-3/h7,9-10H,4-6H2,1-3H3;1H,(H2,2,3). The highest BCUT2D eigenvalue weighted by Gasteiger charge is 2.25. The Hall–Kier alpha value is -0.610. The van der Waals surface area contributed by atoms with Crippen molar-refractivity contribution in [1.82, 2.24) is 10.6 Å². The first-order chi connectivity index (χ1) is 6.02. The van der Waals surface area contributed by atoms with Gasteiger partial charge in [-0.05, 0) is 5.41 Å². The zero-order chi connectivity index (χ0) is 10.3. The Balaban J connectivity index is 0.000000424. The van der Waals surface area contributed by atoms with Gasteiger partial charge in [-0.2, -0.15) is 0 Å². The van der Waals surface area contributed by atoms with Crippen LogP contribution < -0.4 is 16.4 Å². The zero-order valence-corrected chi connectivity index (χ0v) is 8.76. The minimum Gasteiger partial charge on any atom is -0.372 e. The molecule has 0 bridgehead atoms. The monoisotopic (exact) mass is 187 g/mol. The molecule has 4 nitrogen and oxygen atoms in total. The number of primary amides is 1. The summed E-state index contributed by atoms with van der Waals surface area (Å²) in [7, 11) is 0. The molecule has 0 spiro atoms. The van der Waals surface area contributed by atoms with E-state index in [1.165, 1.54) is 0 Å². The Morgan fingerprint density at radius 3 is 2.15 bits per heavy atom. The van der Waals surface area contributed by atoms with Crippen LogP contribution in [0.15, 0.2) is 0 Å². The Kier molecular flexibility index (Phi) is 5.66. The van der Waals surface area contributed by atoms with E-state index < -0.39 is 0 Å². The average Bonchev–Trinajstić information content (AvgIpc) is 2.06. The van der Waals surface area contributed by atoms with E-state index in [1.54, 1.807) is 0 Å². The highest BCUT2D eigenvalue weighted by molar-refractivity contribution is 5.42. The molecule has 0 aromatic rings. The van der Waals surface area contributed by atoms with E-state index in [0.717, 1.165) is 19.6 Å². The molecular weight excluding hydrogens is 166 g/mol. The summed E-state index contributed by atoms with van der Waals surface area (Å²) >= 11 is 0. The van der Waals surface area contributed by atoms with Gasteiger partial charge in [0.25, 0.3) is 0 Å². The maximum atomic E-state index is 8.58. The van der Waals surface area contributed by atoms with Crippen LogP contribution in [0, 0.1) is 5.41 Å².